The Morgan fingerprint density at radius 2 is 1.37 bits per heavy atom. The first-order chi connectivity index (χ1) is 36.8. The number of hydrogen-bond donors (Lipinski definition) is 12. The first kappa shape index (κ1) is 63.2. The molecular weight excluding hydrogens is 1030 g/mol. The molecule has 5 rings (SSSR count). The second-order valence-corrected chi connectivity index (χ2v) is 21.4. The Hall–Kier alpha value is -7.32. The third-order valence-electron chi connectivity index (χ3n) is 13.0. The number of aliphatic carboxylic acids is 1. The van der Waals surface area contributed by atoms with Gasteiger partial charge in [-0.3, -0.25) is 49.8 Å². The highest BCUT2D eigenvalue weighted by molar-refractivity contribution is 7.79. The number of nitrogens with one attached hydrogen (secondary N) is 8. The van der Waals surface area contributed by atoms with Crippen molar-refractivity contribution < 1.29 is 70.7 Å². The highest BCUT2D eigenvalue weighted by Crippen LogP contribution is 2.28. The van der Waals surface area contributed by atoms with Crippen LogP contribution in [0.5, 0.6) is 0 Å². The van der Waals surface area contributed by atoms with Gasteiger partial charge in [0.05, 0.1) is 6.54 Å². The lowest BCUT2D eigenvalue weighted by Crippen LogP contribution is -2.78. The molecule has 0 spiro atoms. The van der Waals surface area contributed by atoms with Crippen LogP contribution in [0.2, 0.25) is 0 Å². The molecule has 14 N–H and O–H groups in total. The summed E-state index contributed by atoms with van der Waals surface area (Å²) in [6, 6.07) is 9.54. The Balaban J connectivity index is 0.00000250. The molecule has 6 atom stereocenters. The number of aromatic nitrogens is 1. The van der Waals surface area contributed by atoms with E-state index in [2.05, 4.69) is 41.9 Å². The van der Waals surface area contributed by atoms with Gasteiger partial charge in [0.1, 0.15) is 41.9 Å². The van der Waals surface area contributed by atoms with E-state index in [4.69, 9.17) is 33.7 Å². The summed E-state index contributed by atoms with van der Waals surface area (Å²) in [4.78, 5) is 117. The van der Waals surface area contributed by atoms with Gasteiger partial charge in [-0.25, -0.2) is 18.0 Å². The van der Waals surface area contributed by atoms with Gasteiger partial charge in [-0.1, -0.05) is 80.6 Å². The minimum atomic E-state index is -4.92. The van der Waals surface area contributed by atoms with E-state index in [-0.39, 0.29) is 76.5 Å². The highest BCUT2D eigenvalue weighted by Gasteiger charge is 2.40. The lowest BCUT2D eigenvalue weighted by atomic mass is 9.84. The van der Waals surface area contributed by atoms with Crippen LogP contribution >= 0.6 is 0 Å². The highest BCUT2D eigenvalue weighted by atomic mass is 32.3. The molecule has 2 aliphatic rings. The molecule has 1 aliphatic heterocycles. The number of nitrogens with zero attached hydrogens (tertiary/aromatic N) is 1. The average Bonchev–Trinajstić information content (AvgIpc) is 4.04. The zero-order valence-corrected chi connectivity index (χ0v) is 45.5. The molecule has 0 bridgehead atoms. The molecule has 25 nitrogen and oxygen atoms in total. The summed E-state index contributed by atoms with van der Waals surface area (Å²) in [6.45, 7) is 7.02. The number of carboxylic acids is 1. The van der Waals surface area contributed by atoms with Crippen molar-refractivity contribution in [2.45, 2.75) is 159 Å². The van der Waals surface area contributed by atoms with Crippen LogP contribution in [-0.2, 0) is 61.5 Å². The maximum atomic E-state index is 14.7. The smallest absolute Gasteiger partial charge is 0.407 e. The molecule has 1 aliphatic carbocycles. The van der Waals surface area contributed by atoms with Crippen LogP contribution in [0.1, 0.15) is 116 Å². The van der Waals surface area contributed by atoms with Crippen LogP contribution in [0, 0.1) is 5.92 Å². The van der Waals surface area contributed by atoms with Crippen LogP contribution in [0.25, 0.3) is 10.9 Å². The molecule has 2 aromatic carbocycles. The van der Waals surface area contributed by atoms with Crippen molar-refractivity contribution in [1.82, 2.24) is 41.8 Å². The van der Waals surface area contributed by atoms with E-state index >= 15 is 0 Å². The molecule has 1 aromatic heterocycles. The van der Waals surface area contributed by atoms with Crippen LogP contribution in [0.4, 0.5) is 4.79 Å². The van der Waals surface area contributed by atoms with Gasteiger partial charge in [-0.2, -0.15) is 0 Å². The van der Waals surface area contributed by atoms with E-state index in [1.807, 2.05) is 54.6 Å². The van der Waals surface area contributed by atoms with Gasteiger partial charge in [0.2, 0.25) is 45.8 Å². The number of carboxylic acid groups (broad SMARTS) is 1. The maximum absolute atomic E-state index is 14.7. The molecule has 1 saturated heterocycles. The minimum Gasteiger partial charge on any atom is -0.726 e. The molecule has 0 unspecified atom stereocenters. The number of nitrogens with two attached hydrogens (primary N) is 2. The van der Waals surface area contributed by atoms with E-state index in [1.165, 1.54) is 11.8 Å². The summed E-state index contributed by atoms with van der Waals surface area (Å²) in [5, 5.41) is 27.6. The number of aromatic amines is 1. The molecule has 7 amide bonds. The van der Waals surface area contributed by atoms with Crippen LogP contribution < -0.4 is 48.4 Å². The predicted octanol–water partition coefficient (Wildman–Crippen LogP) is -0.113. The molecule has 2 heterocycles. The number of carbonyl (C=O) groups excluding carboxylic acids is 7. The van der Waals surface area contributed by atoms with Gasteiger partial charge < -0.3 is 56.2 Å². The first-order valence-electron chi connectivity index (χ1n) is 26.2. The van der Waals surface area contributed by atoms with Crippen molar-refractivity contribution in [3.63, 3.8) is 0 Å². The number of carbonyl (C=O) groups is 8. The fourth-order valence-electron chi connectivity index (χ4n) is 9.47. The number of para-hydroxylation sites is 1. The van der Waals surface area contributed by atoms with Crippen molar-refractivity contribution in [3.8, 4) is 0 Å². The lowest BCUT2D eigenvalue weighted by molar-refractivity contribution is -0.459. The number of benzene rings is 2. The number of rotatable bonds is 25. The van der Waals surface area contributed by atoms with Crippen LogP contribution in [0.3, 0.4) is 0 Å². The summed E-state index contributed by atoms with van der Waals surface area (Å²) in [5.74, 6) is -4.83. The molecule has 0 radical (unpaired) electrons. The normalized spacial score (nSPS) is 16.6. The van der Waals surface area contributed by atoms with Crippen LogP contribution in [-0.4, -0.2) is 147 Å². The molecular formula is C52H77N11O14S. The molecule has 26 heteroatoms. The second-order valence-electron chi connectivity index (χ2n) is 20.5. The van der Waals surface area contributed by atoms with Crippen molar-refractivity contribution in [2.75, 3.05) is 19.6 Å². The van der Waals surface area contributed by atoms with Gasteiger partial charge in [0.25, 0.3) is 0 Å². The van der Waals surface area contributed by atoms with Crippen molar-refractivity contribution in [1.29, 1.82) is 0 Å². The predicted molar refractivity (Wildman–Crippen MR) is 285 cm³/mol. The van der Waals surface area contributed by atoms with Crippen molar-refractivity contribution in [3.05, 3.63) is 71.9 Å². The summed E-state index contributed by atoms with van der Waals surface area (Å²) in [6.07, 6.45) is 7.34. The largest absolute Gasteiger partial charge is 0.726 e. The zero-order valence-electron chi connectivity index (χ0n) is 44.6. The van der Waals surface area contributed by atoms with E-state index in [0.29, 0.717) is 18.4 Å². The number of fused-ring (bicyclic) bond motifs is 1. The van der Waals surface area contributed by atoms with Gasteiger partial charge in [-0.15, -0.1) is 0 Å². The summed E-state index contributed by atoms with van der Waals surface area (Å²) in [5.41, 5.74) is 12.5. The fourth-order valence-corrected chi connectivity index (χ4v) is 9.47. The molecule has 430 valence electrons. The minimum absolute atomic E-state index is 0.0162. The van der Waals surface area contributed by atoms with Gasteiger partial charge in [-0.05, 0) is 88.8 Å². The molecule has 78 heavy (non-hydrogen) atoms. The Morgan fingerprint density at radius 3 is 2.00 bits per heavy atom. The number of likely N-dealkylation sites (tertiary alicyclic amines) is 1. The number of guanidine groups is 1. The van der Waals surface area contributed by atoms with Gasteiger partial charge in [0.15, 0.2) is 0 Å². The zero-order chi connectivity index (χ0) is 57.6. The number of ether oxygens (including phenoxy) is 1. The molecule has 1 saturated carbocycles. The standard InChI is InChI=1S/C52H75N11O10.H2O4S/c1-32(64)58-40(28-33-16-7-5-8-17-33)44(65)59-38(22-13-26-56-51(72)73-52(2,3)4)48(69)63-27-15-24-43(63)47(68)62-41(29-34-18-9-6-10-19-34)45(66)61-42(30-35-31-57-37-21-12-11-20-36(35)37)46(67)60-39(49(70)71)23-14-25-55-50(53)54;1-5(2,3)4/h5,7-8,11-12,16-17,20-21,31,34,38-43,57H,6,9-10,13-15,18-19,22-30H2,1-4H3,(H,56,72)(H,58,64)(H,59,65)(H,60,67)(H,61,66)(H,62,68)(H,70,71)(H4,53,54,55);(H2,1,2,3,4)/t38-,39-,40-,41+,42-,43-;/m0./s1. The SMILES string of the molecule is CC(=O)N[C@@H](Cc1ccccc1)C(=O)N[C@@H](CCCNC(=O)OC(C)(C)C)C(=O)N1CCC[C@H]1C(=O)N[C@H](CC1CCCCC1)C(=O)N[C@@H](Cc1c[nH]c2ccccc12)C(=O)N[C@@H](CCC[NH+]=C(N)N)C(=O)O.O=S(=O)([O-])O. The van der Waals surface area contributed by atoms with E-state index in [9.17, 15) is 43.5 Å². The third kappa shape index (κ3) is 22.7. The van der Waals surface area contributed by atoms with E-state index in [1.54, 1.807) is 27.0 Å². The summed E-state index contributed by atoms with van der Waals surface area (Å²) < 4.78 is 38.2. The number of hydrogen-bond acceptors (Lipinski definition) is 12. The maximum Gasteiger partial charge on any atom is 0.407 e. The number of alkyl carbamates (subject to hydrolysis) is 1. The van der Waals surface area contributed by atoms with Crippen molar-refractivity contribution >= 4 is 74.8 Å². The lowest BCUT2D eigenvalue weighted by Gasteiger charge is -2.32. The van der Waals surface area contributed by atoms with Crippen LogP contribution in [0.15, 0.2) is 60.8 Å². The first-order valence-corrected chi connectivity index (χ1v) is 27.5. The van der Waals surface area contributed by atoms with Gasteiger partial charge in [0, 0.05) is 50.0 Å². The Labute approximate surface area is 454 Å². The topological polar surface area (TPSA) is 401 Å². The average molecular weight is 1110 g/mol. The molecule has 3 aromatic rings. The quantitative estimate of drug-likeness (QED) is 0.0173. The van der Waals surface area contributed by atoms with Crippen molar-refractivity contribution in [2.24, 2.45) is 17.4 Å². The third-order valence-corrected chi connectivity index (χ3v) is 13.0. The van der Waals surface area contributed by atoms with E-state index < -0.39 is 99.8 Å². The number of H-pyrrole nitrogens is 1. The van der Waals surface area contributed by atoms with E-state index in [0.717, 1.165) is 48.6 Å². The fraction of sp³-hybridized carbons (Fsp3) is 0.558. The summed E-state index contributed by atoms with van der Waals surface area (Å²) >= 11 is 0. The summed E-state index contributed by atoms with van der Waals surface area (Å²) in [7, 11) is -4.92. The second kappa shape index (κ2) is 30.6. The molecule has 2 fully saturated rings. The van der Waals surface area contributed by atoms with Gasteiger partial charge >= 0.3 is 18.0 Å². The monoisotopic (exact) mass is 1110 g/mol. The Kier molecular flexibility index (Phi) is 24.8. The number of amides is 7. The Bertz CT molecular complexity index is 2640. The Morgan fingerprint density at radius 1 is 0.782 bits per heavy atom.